The summed E-state index contributed by atoms with van der Waals surface area (Å²) < 4.78 is 12.5. The molecule has 0 spiro atoms. The zero-order chi connectivity index (χ0) is 27.2. The van der Waals surface area contributed by atoms with Gasteiger partial charge in [-0.3, -0.25) is 4.90 Å². The molecule has 1 N–H and O–H groups in total. The number of rotatable bonds is 9. The smallest absolute Gasteiger partial charge is 0.142 e. The van der Waals surface area contributed by atoms with Crippen LogP contribution in [0.25, 0.3) is 11.1 Å². The summed E-state index contributed by atoms with van der Waals surface area (Å²) in [7, 11) is 0. The molecule has 5 rings (SSSR count). The highest BCUT2D eigenvalue weighted by Crippen LogP contribution is 2.36. The SMILES string of the molecule is Cc1c(COc2cc(OCc3cccc(C#N)c3)c(CN3CC[C@@H](O)C3)cc2Cl)cccc1-c1ccccc1. The topological polar surface area (TPSA) is 65.7 Å². The molecule has 4 aromatic carbocycles. The van der Waals surface area contributed by atoms with Crippen LogP contribution in [0.3, 0.4) is 0 Å². The molecule has 1 aliphatic rings. The molecule has 198 valence electrons. The molecule has 0 bridgehead atoms. The summed E-state index contributed by atoms with van der Waals surface area (Å²) in [4.78, 5) is 2.19. The van der Waals surface area contributed by atoms with Crippen molar-refractivity contribution in [2.75, 3.05) is 13.1 Å². The Morgan fingerprint density at radius 3 is 2.49 bits per heavy atom. The normalized spacial score (nSPS) is 15.2. The Morgan fingerprint density at radius 2 is 1.72 bits per heavy atom. The number of ether oxygens (including phenoxy) is 2. The molecule has 4 aromatic rings. The Balaban J connectivity index is 1.38. The van der Waals surface area contributed by atoms with Crippen molar-refractivity contribution in [2.24, 2.45) is 0 Å². The van der Waals surface area contributed by atoms with Gasteiger partial charge in [-0.25, -0.2) is 0 Å². The van der Waals surface area contributed by atoms with Crippen LogP contribution in [-0.2, 0) is 19.8 Å². The van der Waals surface area contributed by atoms with Crippen molar-refractivity contribution in [3.8, 4) is 28.7 Å². The first-order valence-electron chi connectivity index (χ1n) is 13.1. The van der Waals surface area contributed by atoms with Crippen molar-refractivity contribution < 1.29 is 14.6 Å². The van der Waals surface area contributed by atoms with Crippen LogP contribution in [-0.4, -0.2) is 29.2 Å². The van der Waals surface area contributed by atoms with E-state index in [1.807, 2.05) is 54.6 Å². The summed E-state index contributed by atoms with van der Waals surface area (Å²) in [5.41, 5.74) is 7.02. The standard InChI is InChI=1S/C33H31ClN2O3/c1-23-27(11-6-12-30(23)26-9-3-2-4-10-26)22-39-33-17-32(38-21-25-8-5-7-24(15-25)18-35)28(16-31(33)34)19-36-14-13-29(37)20-36/h2-12,15-17,29,37H,13-14,19-22H2,1H3/t29-/m1/s1. The highest BCUT2D eigenvalue weighted by Gasteiger charge is 2.22. The number of hydrogen-bond acceptors (Lipinski definition) is 5. The lowest BCUT2D eigenvalue weighted by Crippen LogP contribution is -2.22. The van der Waals surface area contributed by atoms with Crippen LogP contribution in [0.1, 0.15) is 34.2 Å². The summed E-state index contributed by atoms with van der Waals surface area (Å²) in [5, 5.41) is 19.8. The molecule has 1 saturated heterocycles. The van der Waals surface area contributed by atoms with Gasteiger partial charge in [-0.05, 0) is 59.4 Å². The molecule has 0 unspecified atom stereocenters. The molecule has 0 amide bonds. The Hall–Kier alpha value is -3.82. The second kappa shape index (κ2) is 12.4. The first kappa shape index (κ1) is 26.8. The molecule has 1 atom stereocenters. The molecule has 5 nitrogen and oxygen atoms in total. The van der Waals surface area contributed by atoms with Crippen molar-refractivity contribution in [3.05, 3.63) is 118 Å². The summed E-state index contributed by atoms with van der Waals surface area (Å²) in [6.07, 6.45) is 0.448. The van der Waals surface area contributed by atoms with Gasteiger partial charge < -0.3 is 14.6 Å². The van der Waals surface area contributed by atoms with Gasteiger partial charge in [-0.1, -0.05) is 72.3 Å². The lowest BCUT2D eigenvalue weighted by Gasteiger charge is -2.20. The van der Waals surface area contributed by atoms with Gasteiger partial charge in [0.15, 0.2) is 0 Å². The lowest BCUT2D eigenvalue weighted by molar-refractivity contribution is 0.174. The van der Waals surface area contributed by atoms with Crippen LogP contribution in [0, 0.1) is 18.3 Å². The van der Waals surface area contributed by atoms with E-state index in [1.165, 1.54) is 11.1 Å². The number of β-amino-alcohol motifs (C(OH)–C–C–N with tert-alkyl or cyclic N) is 1. The number of benzene rings is 4. The first-order chi connectivity index (χ1) is 19.0. The molecule has 6 heteroatoms. The highest BCUT2D eigenvalue weighted by molar-refractivity contribution is 6.32. The molecule has 0 radical (unpaired) electrons. The number of likely N-dealkylation sites (tertiary alicyclic amines) is 1. The number of hydrogen-bond donors (Lipinski definition) is 1. The van der Waals surface area contributed by atoms with Gasteiger partial charge >= 0.3 is 0 Å². The molecule has 0 aliphatic carbocycles. The number of nitriles is 1. The van der Waals surface area contributed by atoms with Gasteiger partial charge in [0.2, 0.25) is 0 Å². The first-order valence-corrected chi connectivity index (χ1v) is 13.5. The second-order valence-corrected chi connectivity index (χ2v) is 10.3. The van der Waals surface area contributed by atoms with E-state index in [0.717, 1.165) is 35.2 Å². The molecule has 0 aromatic heterocycles. The Labute approximate surface area is 234 Å². The summed E-state index contributed by atoms with van der Waals surface area (Å²) >= 11 is 6.72. The van der Waals surface area contributed by atoms with E-state index in [2.05, 4.69) is 42.2 Å². The minimum absolute atomic E-state index is 0.309. The van der Waals surface area contributed by atoms with E-state index in [4.69, 9.17) is 21.1 Å². The molecule has 0 saturated carbocycles. The average Bonchev–Trinajstić information content (AvgIpc) is 3.37. The highest BCUT2D eigenvalue weighted by atomic mass is 35.5. The van der Waals surface area contributed by atoms with Crippen molar-refractivity contribution in [3.63, 3.8) is 0 Å². The number of aliphatic hydroxyl groups is 1. The largest absolute Gasteiger partial charge is 0.488 e. The van der Waals surface area contributed by atoms with Gasteiger partial charge in [-0.2, -0.15) is 5.26 Å². The lowest BCUT2D eigenvalue weighted by atomic mass is 9.97. The van der Waals surface area contributed by atoms with Crippen LogP contribution in [0.15, 0.2) is 84.9 Å². The number of nitrogens with zero attached hydrogens (tertiary/aromatic N) is 2. The molecule has 1 aliphatic heterocycles. The average molecular weight is 539 g/mol. The third kappa shape index (κ3) is 6.61. The molecular weight excluding hydrogens is 508 g/mol. The van der Waals surface area contributed by atoms with E-state index in [0.29, 0.717) is 48.4 Å². The Kier molecular flexibility index (Phi) is 8.48. The van der Waals surface area contributed by atoms with Crippen LogP contribution < -0.4 is 9.47 Å². The molecule has 1 fully saturated rings. The predicted octanol–water partition coefficient (Wildman–Crippen LogP) is 6.91. The third-order valence-corrected chi connectivity index (χ3v) is 7.42. The van der Waals surface area contributed by atoms with Crippen LogP contribution in [0.2, 0.25) is 5.02 Å². The fourth-order valence-electron chi connectivity index (χ4n) is 4.96. The zero-order valence-corrected chi connectivity index (χ0v) is 22.7. The minimum Gasteiger partial charge on any atom is -0.488 e. The maximum Gasteiger partial charge on any atom is 0.142 e. The maximum atomic E-state index is 9.99. The van der Waals surface area contributed by atoms with Crippen LogP contribution in [0.5, 0.6) is 11.5 Å². The van der Waals surface area contributed by atoms with Gasteiger partial charge in [0.25, 0.3) is 0 Å². The predicted molar refractivity (Wildman–Crippen MR) is 154 cm³/mol. The van der Waals surface area contributed by atoms with Crippen LogP contribution >= 0.6 is 11.6 Å². The van der Waals surface area contributed by atoms with E-state index in [1.54, 1.807) is 6.07 Å². The van der Waals surface area contributed by atoms with E-state index in [-0.39, 0.29) is 6.10 Å². The monoisotopic (exact) mass is 538 g/mol. The molecule has 1 heterocycles. The van der Waals surface area contributed by atoms with E-state index < -0.39 is 0 Å². The fraction of sp³-hybridized carbons (Fsp3) is 0.242. The summed E-state index contributed by atoms with van der Waals surface area (Å²) in [6.45, 7) is 4.84. The third-order valence-electron chi connectivity index (χ3n) is 7.12. The number of aliphatic hydroxyl groups excluding tert-OH is 1. The van der Waals surface area contributed by atoms with Crippen molar-refractivity contribution in [1.82, 2.24) is 4.90 Å². The second-order valence-electron chi connectivity index (χ2n) is 9.91. The zero-order valence-electron chi connectivity index (χ0n) is 21.9. The quantitative estimate of drug-likeness (QED) is 0.251. The van der Waals surface area contributed by atoms with Crippen molar-refractivity contribution in [1.29, 1.82) is 5.26 Å². The fourth-order valence-corrected chi connectivity index (χ4v) is 5.20. The Bertz CT molecular complexity index is 1480. The summed E-state index contributed by atoms with van der Waals surface area (Å²) in [5.74, 6) is 1.22. The van der Waals surface area contributed by atoms with E-state index >= 15 is 0 Å². The maximum absolute atomic E-state index is 9.99. The molecule has 39 heavy (non-hydrogen) atoms. The summed E-state index contributed by atoms with van der Waals surface area (Å²) in [6, 6.07) is 29.9. The number of halogens is 1. The van der Waals surface area contributed by atoms with E-state index in [9.17, 15) is 10.4 Å². The molecular formula is C33H31ClN2O3. The van der Waals surface area contributed by atoms with Crippen molar-refractivity contribution >= 4 is 11.6 Å². The minimum atomic E-state index is -0.309. The van der Waals surface area contributed by atoms with Crippen molar-refractivity contribution in [2.45, 2.75) is 39.2 Å². The van der Waals surface area contributed by atoms with Gasteiger partial charge in [0.05, 0.1) is 22.8 Å². The van der Waals surface area contributed by atoms with Gasteiger partial charge in [0, 0.05) is 31.3 Å². The van der Waals surface area contributed by atoms with Gasteiger partial charge in [-0.15, -0.1) is 0 Å². The van der Waals surface area contributed by atoms with Gasteiger partial charge in [0.1, 0.15) is 24.7 Å². The van der Waals surface area contributed by atoms with Crippen LogP contribution in [0.4, 0.5) is 0 Å². The Morgan fingerprint density at radius 1 is 0.923 bits per heavy atom.